The molecular weight excluding hydrogens is 805 g/mol. The molecule has 19 atom stereocenters. The molecule has 0 aromatic heterocycles. The molecule has 10 bridgehead atoms. The average molecular weight is 873 g/mol. The predicted octanol–water partition coefficient (Wildman–Crippen LogP) is 4.43. The lowest BCUT2D eigenvalue weighted by atomic mass is 9.87. The van der Waals surface area contributed by atoms with Crippen LogP contribution in [0.2, 0.25) is 0 Å². The van der Waals surface area contributed by atoms with Crippen molar-refractivity contribution in [2.24, 2.45) is 17.8 Å². The Bertz CT molecular complexity index is 1800. The van der Waals surface area contributed by atoms with E-state index in [2.05, 4.69) is 19.9 Å². The Hall–Kier alpha value is -2.15. The number of esters is 1. The maximum Gasteiger partial charge on any atom is 0.311 e. The molecule has 0 radical (unpaired) electrons. The van der Waals surface area contributed by atoms with Crippen molar-refractivity contribution < 1.29 is 72.3 Å². The summed E-state index contributed by atoms with van der Waals surface area (Å²) in [4.78, 5) is 40.7. The Morgan fingerprint density at radius 3 is 2.39 bits per heavy atom. The summed E-state index contributed by atoms with van der Waals surface area (Å²) in [5.74, 6) is -5.79. The van der Waals surface area contributed by atoms with Gasteiger partial charge in [-0.05, 0) is 90.9 Å². The van der Waals surface area contributed by atoms with Gasteiger partial charge in [0.25, 0.3) is 0 Å². The van der Waals surface area contributed by atoms with E-state index in [1.54, 1.807) is 13.8 Å². The van der Waals surface area contributed by atoms with Crippen molar-refractivity contribution in [2.75, 3.05) is 6.61 Å². The molecule has 0 amide bonds. The number of allylic oxidation sites excluding steroid dienone is 3. The number of aliphatic hydroxyl groups is 3. The first-order chi connectivity index (χ1) is 29.3. The zero-order valence-electron chi connectivity index (χ0n) is 37.2. The van der Waals surface area contributed by atoms with Crippen LogP contribution in [0.4, 0.5) is 0 Å². The Morgan fingerprint density at radius 1 is 0.806 bits per heavy atom. The molecule has 0 aliphatic carbocycles. The normalized spacial score (nSPS) is 54.9. The highest BCUT2D eigenvalue weighted by atomic mass is 16.8. The van der Waals surface area contributed by atoms with Gasteiger partial charge in [-0.1, -0.05) is 37.6 Å². The Morgan fingerprint density at radius 2 is 1.60 bits per heavy atom. The molecule has 62 heavy (non-hydrogen) atoms. The number of aliphatic hydroxyl groups excluding tert-OH is 2. The van der Waals surface area contributed by atoms with Gasteiger partial charge in [-0.3, -0.25) is 9.59 Å². The number of rotatable bonds is 2. The van der Waals surface area contributed by atoms with Crippen LogP contribution in [-0.2, 0) is 57.0 Å². The van der Waals surface area contributed by atoms with Gasteiger partial charge < -0.3 is 62.7 Å². The van der Waals surface area contributed by atoms with E-state index < -0.39 is 107 Å². The van der Waals surface area contributed by atoms with Crippen molar-refractivity contribution in [1.29, 1.82) is 0 Å². The molecule has 9 heterocycles. The van der Waals surface area contributed by atoms with Crippen LogP contribution in [0.5, 0.6) is 0 Å². The van der Waals surface area contributed by atoms with Crippen LogP contribution >= 0.6 is 0 Å². The van der Waals surface area contributed by atoms with E-state index in [9.17, 15) is 29.7 Å². The zero-order valence-corrected chi connectivity index (χ0v) is 37.2. The lowest BCUT2D eigenvalue weighted by Crippen LogP contribution is -2.59. The zero-order chi connectivity index (χ0) is 44.0. The summed E-state index contributed by atoms with van der Waals surface area (Å²) in [5, 5.41) is 34.8. The monoisotopic (exact) mass is 872 g/mol. The largest absolute Gasteiger partial charge is 0.459 e. The molecular formula is C47H68O15. The fourth-order valence-corrected chi connectivity index (χ4v) is 12.4. The summed E-state index contributed by atoms with van der Waals surface area (Å²) in [6.07, 6.45) is 4.86. The van der Waals surface area contributed by atoms with E-state index >= 15 is 0 Å². The van der Waals surface area contributed by atoms with Crippen LogP contribution in [0.25, 0.3) is 0 Å². The fourth-order valence-electron chi connectivity index (χ4n) is 12.4. The van der Waals surface area contributed by atoms with E-state index in [4.69, 9.17) is 42.6 Å². The van der Waals surface area contributed by atoms with E-state index in [1.807, 2.05) is 26.0 Å². The van der Waals surface area contributed by atoms with Gasteiger partial charge in [0.15, 0.2) is 23.6 Å². The minimum atomic E-state index is -1.97. The van der Waals surface area contributed by atoms with Crippen LogP contribution in [0.3, 0.4) is 0 Å². The van der Waals surface area contributed by atoms with Crippen molar-refractivity contribution >= 4 is 18.0 Å². The van der Waals surface area contributed by atoms with E-state index in [1.165, 1.54) is 0 Å². The maximum atomic E-state index is 14.1. The highest BCUT2D eigenvalue weighted by Crippen LogP contribution is 2.55. The fraction of sp³-hybridized carbons (Fsp3) is 0.851. The number of fused-ring (bicyclic) bond motifs is 10. The molecule has 3 N–H and O–H groups in total. The van der Waals surface area contributed by atoms with Crippen LogP contribution in [0.15, 0.2) is 23.8 Å². The second-order valence-electron chi connectivity index (χ2n) is 21.0. The second-order valence-corrected chi connectivity index (χ2v) is 21.0. The third-order valence-electron chi connectivity index (χ3n) is 15.9. The molecule has 15 nitrogen and oxygen atoms in total. The van der Waals surface area contributed by atoms with Gasteiger partial charge in [0.1, 0.15) is 53.9 Å². The predicted molar refractivity (Wildman–Crippen MR) is 218 cm³/mol. The van der Waals surface area contributed by atoms with Crippen molar-refractivity contribution in [2.45, 2.75) is 227 Å². The highest BCUT2D eigenvalue weighted by Gasteiger charge is 2.66. The smallest absolute Gasteiger partial charge is 0.311 e. The third-order valence-corrected chi connectivity index (χ3v) is 15.9. The molecule has 2 spiro atoms. The van der Waals surface area contributed by atoms with Gasteiger partial charge in [-0.25, -0.2) is 0 Å². The van der Waals surface area contributed by atoms with Gasteiger partial charge in [-0.2, -0.15) is 0 Å². The van der Waals surface area contributed by atoms with E-state index in [0.717, 1.165) is 24.7 Å². The van der Waals surface area contributed by atoms with Crippen LogP contribution in [-0.4, -0.2) is 135 Å². The number of aldehydes is 1. The number of hydrogen-bond acceptors (Lipinski definition) is 15. The average Bonchev–Trinajstić information content (AvgIpc) is 4.06. The van der Waals surface area contributed by atoms with E-state index in [0.29, 0.717) is 57.8 Å². The van der Waals surface area contributed by atoms with Crippen LogP contribution < -0.4 is 0 Å². The molecule has 9 aliphatic heterocycles. The molecule has 346 valence electrons. The minimum Gasteiger partial charge on any atom is -0.459 e. The lowest BCUT2D eigenvalue weighted by molar-refractivity contribution is -0.354. The number of ketones is 1. The molecule has 15 heteroatoms. The topological polar surface area (TPSA) is 195 Å². The van der Waals surface area contributed by atoms with Gasteiger partial charge in [0.05, 0.1) is 36.4 Å². The molecule has 0 aromatic rings. The third kappa shape index (κ3) is 8.00. The summed E-state index contributed by atoms with van der Waals surface area (Å²) in [5.41, 5.74) is -2.03. The van der Waals surface area contributed by atoms with E-state index in [-0.39, 0.29) is 43.5 Å². The van der Waals surface area contributed by atoms with Crippen LogP contribution in [0.1, 0.15) is 131 Å². The number of carbonyl (C=O) groups is 3. The summed E-state index contributed by atoms with van der Waals surface area (Å²) in [7, 11) is 0. The van der Waals surface area contributed by atoms with Gasteiger partial charge in [0, 0.05) is 38.5 Å². The van der Waals surface area contributed by atoms with Crippen molar-refractivity contribution in [3.05, 3.63) is 23.8 Å². The Labute approximate surface area is 364 Å². The first-order valence-corrected chi connectivity index (χ1v) is 23.3. The summed E-state index contributed by atoms with van der Waals surface area (Å²) in [6.45, 7) is 11.8. The summed E-state index contributed by atoms with van der Waals surface area (Å²) >= 11 is 0. The highest BCUT2D eigenvalue weighted by molar-refractivity contribution is 5.87. The quantitative estimate of drug-likeness (QED) is 0.260. The first-order valence-electron chi connectivity index (χ1n) is 23.3. The molecule has 9 rings (SSSR count). The van der Waals surface area contributed by atoms with Gasteiger partial charge in [0.2, 0.25) is 5.79 Å². The van der Waals surface area contributed by atoms with Crippen molar-refractivity contribution in [1.82, 2.24) is 0 Å². The van der Waals surface area contributed by atoms with Crippen LogP contribution in [0, 0.1) is 17.8 Å². The molecule has 8 fully saturated rings. The number of carbonyl (C=O) groups excluding carboxylic acids is 3. The maximum absolute atomic E-state index is 14.1. The number of hydrogen-bond donors (Lipinski definition) is 3. The Balaban J connectivity index is 1.01. The lowest BCUT2D eigenvalue weighted by Gasteiger charge is -2.46. The molecule has 3 unspecified atom stereocenters. The number of Topliss-reactive ketones (excluding diaryl/α,β-unsaturated/α-hetero) is 1. The van der Waals surface area contributed by atoms with Crippen molar-refractivity contribution in [3.8, 4) is 0 Å². The molecule has 9 aliphatic rings. The summed E-state index contributed by atoms with van der Waals surface area (Å²) < 4.78 is 58.5. The van der Waals surface area contributed by atoms with Gasteiger partial charge in [-0.15, -0.1) is 0 Å². The standard InChI is InChI=1S/C47H68O15/c1-26-9-10-32-34(21-37(55-32)47(53)39(50)28(3)13-19-54-47)56-41(52)29(4)31-8-7-14-45(57-31)16-11-33(58-45)40(51)43(6)23-30(49)38(61-43)35-24-44(25-48)17-18-46(59-35,62-44)36-12-15-42(5,60-36)22-27(2)20-26/h9-10,20,25,27-29,31-40,50-51,53H,7-8,11-19,21-24H2,1-6H3/b10-9+,26-20-/t27-,28+,29+,31-,32?,33-,34+,35+,36+,37?,38?,39+,40-,42+,43+,44-,45-,46-,47+/m1/s1. The molecule has 0 aromatic carbocycles. The van der Waals surface area contributed by atoms with Gasteiger partial charge >= 0.3 is 5.97 Å². The minimum absolute atomic E-state index is 0.0637. The molecule has 8 saturated heterocycles. The first kappa shape index (κ1) is 45.0. The Kier molecular flexibility index (Phi) is 11.9. The SMILES string of the molecule is CC1=C/[C@@H](C)C[C@]2(C)CC[C@H](O2)[C@]23CC[C@](C=O)(C[C@H](O2)C2O[C@@](C)(CC2=O)[C@H](O)[C@H]2CC[C@@]4(CCC[C@@H](O4)[C@H](C)C(=O)O[C@H]4CC([C@]5(O)OCC[C@H](C)[C@@H]5O)OC4\C=C\1)O2)O3. The summed E-state index contributed by atoms with van der Waals surface area (Å²) in [6, 6.07) is 0. The molecule has 0 saturated carbocycles. The second kappa shape index (κ2) is 16.3. The number of ether oxygens (including phenoxy) is 9. The van der Waals surface area contributed by atoms with Crippen molar-refractivity contribution in [3.63, 3.8) is 0 Å².